The summed E-state index contributed by atoms with van der Waals surface area (Å²) in [5.41, 5.74) is 2.04. The highest BCUT2D eigenvalue weighted by molar-refractivity contribution is 6.39. The van der Waals surface area contributed by atoms with Crippen molar-refractivity contribution < 1.29 is 17.9 Å². The van der Waals surface area contributed by atoms with Gasteiger partial charge in [0.2, 0.25) is 0 Å². The summed E-state index contributed by atoms with van der Waals surface area (Å²) in [6.45, 7) is -2.93. The van der Waals surface area contributed by atoms with Crippen molar-refractivity contribution in [3.05, 3.63) is 58.8 Å². The Labute approximate surface area is 156 Å². The number of para-hydroxylation sites is 1. The van der Waals surface area contributed by atoms with Gasteiger partial charge in [-0.15, -0.1) is 0 Å². The summed E-state index contributed by atoms with van der Waals surface area (Å²) in [7, 11) is 0. The molecule has 0 radical (unpaired) electrons. The molecule has 1 N–H and O–H groups in total. The molecule has 4 aromatic rings. The monoisotopic (exact) mass is 394 g/mol. The highest BCUT2D eigenvalue weighted by Gasteiger charge is 2.15. The lowest BCUT2D eigenvalue weighted by Gasteiger charge is -2.09. The molecule has 0 saturated carbocycles. The van der Waals surface area contributed by atoms with Crippen molar-refractivity contribution in [2.24, 2.45) is 0 Å². The van der Waals surface area contributed by atoms with Gasteiger partial charge in [-0.25, -0.2) is 0 Å². The molecule has 0 bridgehead atoms. The number of fused-ring (bicyclic) bond motifs is 3. The number of ether oxygens (including phenoxy) is 1. The average molecular weight is 395 g/mol. The molecule has 26 heavy (non-hydrogen) atoms. The number of pyridine rings is 1. The molecular weight excluding hydrogens is 385 g/mol. The maximum Gasteiger partial charge on any atom is 0.387 e. The molecule has 4 rings (SSSR count). The maximum atomic E-state index is 12.6. The van der Waals surface area contributed by atoms with Gasteiger partial charge in [0.15, 0.2) is 11.3 Å². The van der Waals surface area contributed by atoms with Gasteiger partial charge in [-0.2, -0.15) is 8.78 Å². The second-order valence-electron chi connectivity index (χ2n) is 5.43. The van der Waals surface area contributed by atoms with Gasteiger partial charge in [-0.1, -0.05) is 35.3 Å². The number of aromatic nitrogens is 1. The molecule has 2 heterocycles. The molecule has 0 fully saturated rings. The maximum absolute atomic E-state index is 12.6. The quantitative estimate of drug-likeness (QED) is 0.421. The van der Waals surface area contributed by atoms with E-state index >= 15 is 0 Å². The van der Waals surface area contributed by atoms with E-state index in [1.165, 1.54) is 18.5 Å². The van der Waals surface area contributed by atoms with Crippen LogP contribution in [0.3, 0.4) is 0 Å². The lowest BCUT2D eigenvalue weighted by Crippen LogP contribution is -2.01. The van der Waals surface area contributed by atoms with Crippen molar-refractivity contribution in [3.63, 3.8) is 0 Å². The number of anilines is 2. The molecule has 0 atom stereocenters. The van der Waals surface area contributed by atoms with E-state index in [0.717, 1.165) is 5.39 Å². The van der Waals surface area contributed by atoms with E-state index in [9.17, 15) is 8.78 Å². The summed E-state index contributed by atoms with van der Waals surface area (Å²) < 4.78 is 35.4. The number of nitrogens with zero attached hydrogens (tertiary/aromatic N) is 1. The molecule has 0 aliphatic rings. The van der Waals surface area contributed by atoms with Crippen molar-refractivity contribution in [2.45, 2.75) is 6.61 Å². The summed E-state index contributed by atoms with van der Waals surface area (Å²) in [5.74, 6) is -0.0107. The van der Waals surface area contributed by atoms with Gasteiger partial charge in [0.25, 0.3) is 0 Å². The highest BCUT2D eigenvalue weighted by Crippen LogP contribution is 2.38. The fraction of sp³-hybridized carbons (Fsp3) is 0.0556. The van der Waals surface area contributed by atoms with Crippen LogP contribution in [0.5, 0.6) is 5.75 Å². The smallest absolute Gasteiger partial charge is 0.387 e. The van der Waals surface area contributed by atoms with Crippen molar-refractivity contribution in [1.29, 1.82) is 0 Å². The predicted molar refractivity (Wildman–Crippen MR) is 97.9 cm³/mol. The Morgan fingerprint density at radius 2 is 1.81 bits per heavy atom. The summed E-state index contributed by atoms with van der Waals surface area (Å²) in [6, 6.07) is 10.2. The number of furan rings is 1. The van der Waals surface area contributed by atoms with Crippen LogP contribution < -0.4 is 10.1 Å². The van der Waals surface area contributed by atoms with E-state index < -0.39 is 6.61 Å². The Kier molecular flexibility index (Phi) is 4.30. The zero-order chi connectivity index (χ0) is 18.3. The molecule has 0 spiro atoms. The first-order valence-corrected chi connectivity index (χ1v) is 8.24. The number of benzene rings is 2. The summed E-state index contributed by atoms with van der Waals surface area (Å²) in [6.07, 6.45) is 2.96. The van der Waals surface area contributed by atoms with Crippen LogP contribution in [0.15, 0.2) is 53.2 Å². The van der Waals surface area contributed by atoms with E-state index in [1.807, 2.05) is 6.07 Å². The van der Waals surface area contributed by atoms with Crippen LogP contribution in [0.4, 0.5) is 20.2 Å². The van der Waals surface area contributed by atoms with Gasteiger partial charge in [0, 0.05) is 28.9 Å². The Morgan fingerprint density at radius 1 is 1.04 bits per heavy atom. The minimum absolute atomic E-state index is 0.0107. The third-order valence-electron chi connectivity index (χ3n) is 3.80. The molecule has 0 aliphatic carbocycles. The summed E-state index contributed by atoms with van der Waals surface area (Å²) >= 11 is 12.3. The molecule has 2 aromatic carbocycles. The Balaban J connectivity index is 1.81. The number of hydrogen-bond acceptors (Lipinski definition) is 4. The van der Waals surface area contributed by atoms with Crippen LogP contribution in [0.25, 0.3) is 21.9 Å². The Morgan fingerprint density at radius 3 is 2.54 bits per heavy atom. The molecule has 0 aliphatic heterocycles. The molecule has 8 heteroatoms. The van der Waals surface area contributed by atoms with Crippen LogP contribution >= 0.6 is 23.2 Å². The predicted octanol–water partition coefficient (Wildman–Crippen LogP) is 6.63. The van der Waals surface area contributed by atoms with Gasteiger partial charge in [-0.3, -0.25) is 4.98 Å². The lowest BCUT2D eigenvalue weighted by atomic mass is 10.1. The number of nitrogens with one attached hydrogen (secondary N) is 1. The minimum Gasteiger partial charge on any atom is -0.452 e. The van der Waals surface area contributed by atoms with E-state index in [-0.39, 0.29) is 11.3 Å². The summed E-state index contributed by atoms with van der Waals surface area (Å²) in [4.78, 5) is 3.91. The minimum atomic E-state index is -2.93. The van der Waals surface area contributed by atoms with Gasteiger partial charge >= 0.3 is 6.61 Å². The highest BCUT2D eigenvalue weighted by atomic mass is 35.5. The van der Waals surface area contributed by atoms with Crippen molar-refractivity contribution in [3.8, 4) is 5.75 Å². The molecule has 4 nitrogen and oxygen atoms in total. The number of rotatable bonds is 4. The number of halogens is 4. The third kappa shape index (κ3) is 3.02. The van der Waals surface area contributed by atoms with Crippen molar-refractivity contribution in [1.82, 2.24) is 4.98 Å². The molecule has 0 saturated heterocycles. The fourth-order valence-electron chi connectivity index (χ4n) is 2.71. The molecule has 2 aromatic heterocycles. The SMILES string of the molecule is FC(F)Oc1cccc2c1oc1ccc(Nc3c(Cl)cncc3Cl)cc12. The number of alkyl halides is 2. The molecule has 0 unspecified atom stereocenters. The van der Waals surface area contributed by atoms with Gasteiger partial charge in [0.1, 0.15) is 5.58 Å². The van der Waals surface area contributed by atoms with Crippen molar-refractivity contribution >= 4 is 56.5 Å². The molecular formula is C18H10Cl2F2N2O2. The van der Waals surface area contributed by atoms with E-state index in [0.29, 0.717) is 32.4 Å². The fourth-order valence-corrected chi connectivity index (χ4v) is 3.17. The lowest BCUT2D eigenvalue weighted by molar-refractivity contribution is -0.0493. The van der Waals surface area contributed by atoms with Crippen LogP contribution in [-0.4, -0.2) is 11.6 Å². The topological polar surface area (TPSA) is 47.3 Å². The Hall–Kier alpha value is -2.57. The van der Waals surface area contributed by atoms with Crippen LogP contribution in [0, 0.1) is 0 Å². The second-order valence-corrected chi connectivity index (χ2v) is 6.24. The van der Waals surface area contributed by atoms with Crippen LogP contribution in [0.2, 0.25) is 10.0 Å². The Bertz CT molecular complexity index is 1090. The van der Waals surface area contributed by atoms with Gasteiger partial charge in [-0.05, 0) is 24.3 Å². The van der Waals surface area contributed by atoms with E-state index in [2.05, 4.69) is 15.0 Å². The first-order chi connectivity index (χ1) is 12.5. The van der Waals surface area contributed by atoms with Crippen LogP contribution in [0.1, 0.15) is 0 Å². The first kappa shape index (κ1) is 16.9. The zero-order valence-electron chi connectivity index (χ0n) is 13.0. The molecule has 0 amide bonds. The third-order valence-corrected chi connectivity index (χ3v) is 4.37. The van der Waals surface area contributed by atoms with E-state index in [4.69, 9.17) is 27.6 Å². The van der Waals surface area contributed by atoms with Crippen LogP contribution in [-0.2, 0) is 0 Å². The average Bonchev–Trinajstić information content (AvgIpc) is 2.97. The normalized spacial score (nSPS) is 11.4. The summed E-state index contributed by atoms with van der Waals surface area (Å²) in [5, 5.41) is 5.29. The van der Waals surface area contributed by atoms with Gasteiger partial charge in [0.05, 0.1) is 15.7 Å². The largest absolute Gasteiger partial charge is 0.452 e. The standard InChI is InChI=1S/C18H10Cl2F2N2O2/c19-12-7-23-8-13(20)16(12)24-9-4-5-14-11(6-9)10-2-1-3-15(17(10)25-14)26-18(21)22/h1-8,18H,(H,23,24). The second kappa shape index (κ2) is 6.63. The molecule has 132 valence electrons. The van der Waals surface area contributed by atoms with Crippen molar-refractivity contribution in [2.75, 3.05) is 5.32 Å². The zero-order valence-corrected chi connectivity index (χ0v) is 14.5. The van der Waals surface area contributed by atoms with E-state index in [1.54, 1.807) is 24.3 Å². The number of hydrogen-bond donors (Lipinski definition) is 1. The first-order valence-electron chi connectivity index (χ1n) is 7.49. The van der Waals surface area contributed by atoms with Gasteiger partial charge < -0.3 is 14.5 Å².